The van der Waals surface area contributed by atoms with Crippen molar-refractivity contribution in [2.24, 2.45) is 0 Å². The van der Waals surface area contributed by atoms with Gasteiger partial charge in [-0.2, -0.15) is 0 Å². The minimum absolute atomic E-state index is 0.00151. The number of methoxy groups -OCH3 is 1. The van der Waals surface area contributed by atoms with Crippen molar-refractivity contribution in [3.05, 3.63) is 0 Å². The fourth-order valence-corrected chi connectivity index (χ4v) is 4.44. The molecule has 1 heterocycles. The second-order valence-corrected chi connectivity index (χ2v) is 7.62. The molecule has 3 nitrogen and oxygen atoms in total. The molecule has 0 aromatic rings. The van der Waals surface area contributed by atoms with Crippen LogP contribution in [0.2, 0.25) is 0 Å². The first-order valence-corrected chi connectivity index (χ1v) is 9.08. The van der Waals surface area contributed by atoms with E-state index in [9.17, 15) is 0 Å². The van der Waals surface area contributed by atoms with Crippen molar-refractivity contribution in [3.63, 3.8) is 0 Å². The van der Waals surface area contributed by atoms with Gasteiger partial charge in [0, 0.05) is 18.7 Å². The molecule has 0 bridgehead atoms. The van der Waals surface area contributed by atoms with E-state index in [1.54, 1.807) is 0 Å². The second kappa shape index (κ2) is 7.43. The molecule has 1 aliphatic carbocycles. The number of nitrogens with one attached hydrogen (secondary N) is 1. The lowest BCUT2D eigenvalue weighted by Gasteiger charge is -2.46. The van der Waals surface area contributed by atoms with Crippen LogP contribution in [0, 0.1) is 0 Å². The molecule has 2 fully saturated rings. The van der Waals surface area contributed by atoms with Crippen LogP contribution in [0.15, 0.2) is 0 Å². The van der Waals surface area contributed by atoms with Crippen molar-refractivity contribution in [2.45, 2.75) is 89.3 Å². The van der Waals surface area contributed by atoms with Crippen LogP contribution in [0.4, 0.5) is 0 Å². The molecule has 1 atom stereocenters. The molecule has 0 aromatic heterocycles. The van der Waals surface area contributed by atoms with Gasteiger partial charge in [0.25, 0.3) is 0 Å². The Bertz CT molecular complexity index is 304. The highest BCUT2D eigenvalue weighted by Gasteiger charge is 2.46. The predicted molar refractivity (Wildman–Crippen MR) is 89.8 cm³/mol. The average Bonchev–Trinajstić information content (AvgIpc) is 3.14. The summed E-state index contributed by atoms with van der Waals surface area (Å²) < 4.78 is 5.65. The van der Waals surface area contributed by atoms with E-state index in [1.165, 1.54) is 58.0 Å². The molecule has 124 valence electrons. The fourth-order valence-electron chi connectivity index (χ4n) is 4.44. The Morgan fingerprint density at radius 3 is 2.29 bits per heavy atom. The number of likely N-dealkylation sites (N-methyl/N-ethyl adjacent to an activating group) is 1. The minimum atomic E-state index is -0.00151. The summed E-state index contributed by atoms with van der Waals surface area (Å²) in [5.74, 6) is 0. The van der Waals surface area contributed by atoms with Gasteiger partial charge >= 0.3 is 0 Å². The van der Waals surface area contributed by atoms with E-state index < -0.39 is 0 Å². The quantitative estimate of drug-likeness (QED) is 0.741. The van der Waals surface area contributed by atoms with Crippen molar-refractivity contribution in [2.75, 3.05) is 26.7 Å². The third-order valence-electron chi connectivity index (χ3n) is 5.89. The van der Waals surface area contributed by atoms with Gasteiger partial charge in [0.05, 0.1) is 5.60 Å². The Balaban J connectivity index is 2.09. The third-order valence-corrected chi connectivity index (χ3v) is 5.89. The molecule has 1 unspecified atom stereocenters. The maximum absolute atomic E-state index is 5.65. The number of likely N-dealkylation sites (tertiary alicyclic amines) is 1. The van der Waals surface area contributed by atoms with E-state index in [1.807, 2.05) is 7.11 Å². The van der Waals surface area contributed by atoms with E-state index >= 15 is 0 Å². The van der Waals surface area contributed by atoms with Crippen LogP contribution >= 0.6 is 0 Å². The van der Waals surface area contributed by atoms with E-state index in [-0.39, 0.29) is 5.60 Å². The normalized spacial score (nSPS) is 24.6. The molecular formula is C18H36N2O. The predicted octanol–water partition coefficient (Wildman–Crippen LogP) is 3.58. The van der Waals surface area contributed by atoms with Gasteiger partial charge in [0.2, 0.25) is 0 Å². The molecule has 2 aliphatic rings. The standard InChI is InChI=1S/C18H36N2O/c1-5-19-16(10-13-17(2,3)21-4)18(11-6-7-12-18)20-14-8-9-15-20/h16,19H,5-15H2,1-4H3. The van der Waals surface area contributed by atoms with Crippen LogP contribution in [0.5, 0.6) is 0 Å². The minimum Gasteiger partial charge on any atom is -0.379 e. The summed E-state index contributed by atoms with van der Waals surface area (Å²) in [5, 5.41) is 3.84. The van der Waals surface area contributed by atoms with Gasteiger partial charge in [-0.3, -0.25) is 4.90 Å². The lowest BCUT2D eigenvalue weighted by Crippen LogP contribution is -2.59. The highest BCUT2D eigenvalue weighted by molar-refractivity contribution is 5.05. The zero-order chi connectivity index (χ0) is 15.3. The van der Waals surface area contributed by atoms with Crippen LogP contribution in [0.3, 0.4) is 0 Å². The van der Waals surface area contributed by atoms with E-state index in [4.69, 9.17) is 4.74 Å². The van der Waals surface area contributed by atoms with Crippen LogP contribution in [0.25, 0.3) is 0 Å². The lowest BCUT2D eigenvalue weighted by atomic mass is 9.81. The molecule has 1 saturated carbocycles. The maximum Gasteiger partial charge on any atom is 0.0623 e. The Hall–Kier alpha value is -0.120. The second-order valence-electron chi connectivity index (χ2n) is 7.62. The number of hydrogen-bond donors (Lipinski definition) is 1. The molecule has 0 amide bonds. The molecule has 0 radical (unpaired) electrons. The smallest absolute Gasteiger partial charge is 0.0623 e. The van der Waals surface area contributed by atoms with E-state index in [0.29, 0.717) is 11.6 Å². The average molecular weight is 296 g/mol. The molecule has 0 aromatic carbocycles. The number of ether oxygens (including phenoxy) is 1. The molecule has 0 spiro atoms. The lowest BCUT2D eigenvalue weighted by molar-refractivity contribution is 0.00148. The zero-order valence-corrected chi connectivity index (χ0v) is 14.7. The van der Waals surface area contributed by atoms with Gasteiger partial charge in [-0.05, 0) is 72.0 Å². The SMILES string of the molecule is CCNC(CCC(C)(C)OC)C1(N2CCCC2)CCCC1. The largest absolute Gasteiger partial charge is 0.379 e. The van der Waals surface area contributed by atoms with Gasteiger partial charge in [-0.1, -0.05) is 19.8 Å². The first-order chi connectivity index (χ1) is 10.0. The number of rotatable bonds is 8. The summed E-state index contributed by atoms with van der Waals surface area (Å²) in [6.07, 6.45) is 10.7. The third kappa shape index (κ3) is 4.00. The van der Waals surface area contributed by atoms with Crippen LogP contribution < -0.4 is 5.32 Å². The molecule has 1 N–H and O–H groups in total. The zero-order valence-electron chi connectivity index (χ0n) is 14.7. The Morgan fingerprint density at radius 2 is 1.76 bits per heavy atom. The van der Waals surface area contributed by atoms with Crippen LogP contribution in [-0.2, 0) is 4.74 Å². The van der Waals surface area contributed by atoms with E-state index in [2.05, 4.69) is 31.0 Å². The van der Waals surface area contributed by atoms with Crippen LogP contribution in [-0.4, -0.2) is 48.8 Å². The van der Waals surface area contributed by atoms with Gasteiger partial charge < -0.3 is 10.1 Å². The summed E-state index contributed by atoms with van der Waals surface area (Å²) in [7, 11) is 1.84. The molecular weight excluding hydrogens is 260 g/mol. The molecule has 21 heavy (non-hydrogen) atoms. The molecule has 3 heteroatoms. The Morgan fingerprint density at radius 1 is 1.14 bits per heavy atom. The Kier molecular flexibility index (Phi) is 6.10. The van der Waals surface area contributed by atoms with Gasteiger partial charge in [-0.15, -0.1) is 0 Å². The summed E-state index contributed by atoms with van der Waals surface area (Å²) in [6.45, 7) is 10.4. The summed E-state index contributed by atoms with van der Waals surface area (Å²) >= 11 is 0. The van der Waals surface area contributed by atoms with Gasteiger partial charge in [0.15, 0.2) is 0 Å². The summed E-state index contributed by atoms with van der Waals surface area (Å²) in [4.78, 5) is 2.83. The monoisotopic (exact) mass is 296 g/mol. The number of hydrogen-bond acceptors (Lipinski definition) is 3. The molecule has 1 saturated heterocycles. The highest BCUT2D eigenvalue weighted by atomic mass is 16.5. The first kappa shape index (κ1) is 17.2. The fraction of sp³-hybridized carbons (Fsp3) is 1.00. The van der Waals surface area contributed by atoms with E-state index in [0.717, 1.165) is 13.0 Å². The van der Waals surface area contributed by atoms with Crippen molar-refractivity contribution in [3.8, 4) is 0 Å². The van der Waals surface area contributed by atoms with Crippen molar-refractivity contribution in [1.29, 1.82) is 0 Å². The summed E-state index contributed by atoms with van der Waals surface area (Å²) in [5.41, 5.74) is 0.425. The Labute approximate surface area is 131 Å². The van der Waals surface area contributed by atoms with Crippen molar-refractivity contribution < 1.29 is 4.74 Å². The molecule has 1 aliphatic heterocycles. The van der Waals surface area contributed by atoms with Gasteiger partial charge in [-0.25, -0.2) is 0 Å². The van der Waals surface area contributed by atoms with Crippen LogP contribution in [0.1, 0.15) is 72.1 Å². The topological polar surface area (TPSA) is 24.5 Å². The van der Waals surface area contributed by atoms with Crippen molar-refractivity contribution >= 4 is 0 Å². The maximum atomic E-state index is 5.65. The first-order valence-electron chi connectivity index (χ1n) is 9.08. The summed E-state index contributed by atoms with van der Waals surface area (Å²) in [6, 6.07) is 0.623. The molecule has 2 rings (SSSR count). The van der Waals surface area contributed by atoms with Gasteiger partial charge in [0.1, 0.15) is 0 Å². The van der Waals surface area contributed by atoms with Crippen molar-refractivity contribution in [1.82, 2.24) is 10.2 Å². The number of nitrogens with zero attached hydrogens (tertiary/aromatic N) is 1. The highest BCUT2D eigenvalue weighted by Crippen LogP contribution is 2.41.